The third kappa shape index (κ3) is 3.01. The summed E-state index contributed by atoms with van der Waals surface area (Å²) in [7, 11) is 0. The van der Waals surface area contributed by atoms with Gasteiger partial charge in [-0.2, -0.15) is 0 Å². The van der Waals surface area contributed by atoms with Gasteiger partial charge in [0.25, 0.3) is 5.56 Å². The summed E-state index contributed by atoms with van der Waals surface area (Å²) in [6, 6.07) is 14.1. The number of fused-ring (bicyclic) bond motifs is 3. The minimum Gasteiger partial charge on any atom is -0.507 e. The van der Waals surface area contributed by atoms with E-state index < -0.39 is 0 Å². The average Bonchev–Trinajstić information content (AvgIpc) is 3.20. The fourth-order valence-electron chi connectivity index (χ4n) is 4.04. The van der Waals surface area contributed by atoms with E-state index in [9.17, 15) is 9.90 Å². The van der Waals surface area contributed by atoms with Gasteiger partial charge < -0.3 is 10.1 Å². The molecule has 4 rings (SSSR count). The summed E-state index contributed by atoms with van der Waals surface area (Å²) in [5.41, 5.74) is 3.61. The average molecular weight is 393 g/mol. The van der Waals surface area contributed by atoms with Gasteiger partial charge in [-0.15, -0.1) is 11.3 Å². The van der Waals surface area contributed by atoms with Crippen molar-refractivity contribution in [2.45, 2.75) is 26.8 Å². The molecular formula is C23H24N2O2S. The van der Waals surface area contributed by atoms with Gasteiger partial charge in [-0.1, -0.05) is 38.1 Å². The molecule has 4 aromatic rings. The van der Waals surface area contributed by atoms with Crippen molar-refractivity contribution < 1.29 is 5.11 Å². The molecule has 0 spiro atoms. The first-order valence-corrected chi connectivity index (χ1v) is 10.5. The highest BCUT2D eigenvalue weighted by atomic mass is 32.1. The van der Waals surface area contributed by atoms with Gasteiger partial charge >= 0.3 is 0 Å². The molecule has 1 unspecified atom stereocenters. The zero-order valence-electron chi connectivity index (χ0n) is 16.3. The van der Waals surface area contributed by atoms with E-state index in [-0.39, 0.29) is 11.3 Å². The van der Waals surface area contributed by atoms with Crippen LogP contribution in [-0.4, -0.2) is 28.1 Å². The Balaban J connectivity index is 1.89. The van der Waals surface area contributed by atoms with Crippen molar-refractivity contribution in [1.29, 1.82) is 0 Å². The number of benzene rings is 2. The molecule has 4 nitrogen and oxygen atoms in total. The highest BCUT2D eigenvalue weighted by molar-refractivity contribution is 7.17. The molecule has 0 amide bonds. The lowest BCUT2D eigenvalue weighted by Gasteiger charge is -2.26. The molecule has 2 heterocycles. The SMILES string of the molecule is CCN(CC)C(C)c1ccc(-c2c(O)ccc3[nH]c(=O)c4sccc4c23)cc1. The standard InChI is InChI=1S/C23H24N2O2S/c1-4-25(5-2)14(3)15-6-8-16(9-7-15)20-19(26)11-10-18-21(20)17-12-13-28-22(17)23(27)24-18/h6-14,26H,4-5H2,1-3H3,(H,24,27). The molecule has 1 atom stereocenters. The van der Waals surface area contributed by atoms with Crippen LogP contribution in [0.15, 0.2) is 52.6 Å². The van der Waals surface area contributed by atoms with E-state index in [1.165, 1.54) is 16.9 Å². The zero-order chi connectivity index (χ0) is 19.8. The maximum absolute atomic E-state index is 12.3. The molecular weight excluding hydrogens is 368 g/mol. The molecule has 0 fully saturated rings. The van der Waals surface area contributed by atoms with E-state index in [2.05, 4.69) is 54.9 Å². The van der Waals surface area contributed by atoms with Crippen molar-refractivity contribution in [3.8, 4) is 16.9 Å². The van der Waals surface area contributed by atoms with Crippen LogP contribution in [0.2, 0.25) is 0 Å². The van der Waals surface area contributed by atoms with Crippen LogP contribution in [0.3, 0.4) is 0 Å². The van der Waals surface area contributed by atoms with Gasteiger partial charge in [-0.05, 0) is 54.7 Å². The Labute approximate surface area is 168 Å². The van der Waals surface area contributed by atoms with Crippen LogP contribution in [0.25, 0.3) is 32.1 Å². The Morgan fingerprint density at radius 1 is 1.07 bits per heavy atom. The van der Waals surface area contributed by atoms with Gasteiger partial charge in [0.2, 0.25) is 0 Å². The molecule has 2 aromatic heterocycles. The second-order valence-corrected chi connectivity index (χ2v) is 7.94. The van der Waals surface area contributed by atoms with Crippen LogP contribution >= 0.6 is 11.3 Å². The highest BCUT2D eigenvalue weighted by Crippen LogP contribution is 2.40. The number of nitrogens with one attached hydrogen (secondary N) is 1. The van der Waals surface area contributed by atoms with Gasteiger partial charge in [0, 0.05) is 27.9 Å². The first-order chi connectivity index (χ1) is 13.5. The summed E-state index contributed by atoms with van der Waals surface area (Å²) in [4.78, 5) is 17.7. The quantitative estimate of drug-likeness (QED) is 0.470. The number of hydrogen-bond acceptors (Lipinski definition) is 4. The van der Waals surface area contributed by atoms with Crippen LogP contribution in [-0.2, 0) is 0 Å². The van der Waals surface area contributed by atoms with Crippen molar-refractivity contribution >= 4 is 32.3 Å². The van der Waals surface area contributed by atoms with E-state index in [0.717, 1.165) is 40.5 Å². The molecule has 0 bridgehead atoms. The van der Waals surface area contributed by atoms with Gasteiger partial charge in [0.1, 0.15) is 10.4 Å². The number of hydrogen-bond donors (Lipinski definition) is 2. The number of nitrogens with zero attached hydrogens (tertiary/aromatic N) is 1. The molecule has 28 heavy (non-hydrogen) atoms. The molecule has 0 radical (unpaired) electrons. The summed E-state index contributed by atoms with van der Waals surface area (Å²) in [5.74, 6) is 0.219. The molecule has 144 valence electrons. The van der Waals surface area contributed by atoms with Crippen LogP contribution in [0.1, 0.15) is 32.4 Å². The second-order valence-electron chi connectivity index (χ2n) is 7.02. The summed E-state index contributed by atoms with van der Waals surface area (Å²) < 4.78 is 0.686. The molecule has 2 aromatic carbocycles. The first-order valence-electron chi connectivity index (χ1n) is 9.64. The lowest BCUT2D eigenvalue weighted by Crippen LogP contribution is -2.26. The molecule has 0 aliphatic carbocycles. The third-order valence-electron chi connectivity index (χ3n) is 5.61. The number of phenols is 1. The Bertz CT molecular complexity index is 1190. The van der Waals surface area contributed by atoms with E-state index in [1.807, 2.05) is 11.4 Å². The Morgan fingerprint density at radius 2 is 1.79 bits per heavy atom. The van der Waals surface area contributed by atoms with Crippen LogP contribution in [0, 0.1) is 0 Å². The van der Waals surface area contributed by atoms with Crippen molar-refractivity contribution in [1.82, 2.24) is 9.88 Å². The number of rotatable bonds is 5. The Kier molecular flexibility index (Phi) is 4.96. The van der Waals surface area contributed by atoms with Crippen molar-refractivity contribution in [3.05, 3.63) is 63.8 Å². The van der Waals surface area contributed by atoms with Crippen LogP contribution in [0.4, 0.5) is 0 Å². The number of phenolic OH excluding ortho intramolecular Hbond substituents is 1. The lowest BCUT2D eigenvalue weighted by molar-refractivity contribution is 0.234. The van der Waals surface area contributed by atoms with E-state index in [0.29, 0.717) is 10.7 Å². The predicted molar refractivity (Wildman–Crippen MR) is 118 cm³/mol. The molecule has 0 saturated heterocycles. The van der Waals surface area contributed by atoms with Crippen molar-refractivity contribution in [2.75, 3.05) is 13.1 Å². The summed E-state index contributed by atoms with van der Waals surface area (Å²) in [6.45, 7) is 8.59. The second kappa shape index (κ2) is 7.41. The predicted octanol–water partition coefficient (Wildman–Crippen LogP) is 5.52. The maximum Gasteiger partial charge on any atom is 0.266 e. The minimum atomic E-state index is -0.0856. The molecule has 0 aliphatic heterocycles. The summed E-state index contributed by atoms with van der Waals surface area (Å²) in [6.07, 6.45) is 0. The minimum absolute atomic E-state index is 0.0856. The number of thiophene rings is 1. The molecule has 2 N–H and O–H groups in total. The van der Waals surface area contributed by atoms with E-state index >= 15 is 0 Å². The number of aromatic nitrogens is 1. The number of aromatic hydroxyl groups is 1. The fourth-order valence-corrected chi connectivity index (χ4v) is 4.83. The van der Waals surface area contributed by atoms with Gasteiger partial charge in [0.05, 0.1) is 0 Å². The Hall–Kier alpha value is -2.63. The monoisotopic (exact) mass is 392 g/mol. The number of H-pyrrole nitrogens is 1. The maximum atomic E-state index is 12.3. The van der Waals surface area contributed by atoms with E-state index in [4.69, 9.17) is 0 Å². The van der Waals surface area contributed by atoms with Crippen molar-refractivity contribution in [2.24, 2.45) is 0 Å². The smallest absolute Gasteiger partial charge is 0.266 e. The zero-order valence-corrected chi connectivity index (χ0v) is 17.1. The van der Waals surface area contributed by atoms with Crippen LogP contribution < -0.4 is 5.56 Å². The number of aromatic amines is 1. The fraction of sp³-hybridized carbons (Fsp3) is 0.261. The molecule has 0 aliphatic rings. The largest absolute Gasteiger partial charge is 0.507 e. The number of pyridine rings is 1. The normalized spacial score (nSPS) is 12.9. The van der Waals surface area contributed by atoms with Gasteiger partial charge in [-0.3, -0.25) is 9.69 Å². The summed E-state index contributed by atoms with van der Waals surface area (Å²) >= 11 is 1.42. The topological polar surface area (TPSA) is 56.3 Å². The molecule has 0 saturated carbocycles. The van der Waals surface area contributed by atoms with Crippen molar-refractivity contribution in [3.63, 3.8) is 0 Å². The highest BCUT2D eigenvalue weighted by Gasteiger charge is 2.17. The summed E-state index contributed by atoms with van der Waals surface area (Å²) in [5, 5.41) is 14.4. The van der Waals surface area contributed by atoms with Gasteiger partial charge in [-0.25, -0.2) is 0 Å². The van der Waals surface area contributed by atoms with Gasteiger partial charge in [0.15, 0.2) is 0 Å². The first kappa shape index (κ1) is 18.7. The lowest BCUT2D eigenvalue weighted by atomic mass is 9.95. The molecule has 5 heteroatoms. The third-order valence-corrected chi connectivity index (χ3v) is 6.53. The Morgan fingerprint density at radius 3 is 2.46 bits per heavy atom. The van der Waals surface area contributed by atoms with Crippen LogP contribution in [0.5, 0.6) is 5.75 Å². The van der Waals surface area contributed by atoms with E-state index in [1.54, 1.807) is 12.1 Å².